The number of amides is 1. The molecule has 0 aliphatic carbocycles. The standard InChI is InChI=1S/C22H25ClN4O3/c1-14(26-15(2)28)16-5-7-17(8-6-16)27-22-18-11-21(30-10-4-9-23)20(29-3)12-19(18)24-13-25-22/h5-8,11-14H,4,9-10H2,1-3H3,(H,26,28)(H,24,25,27)/t14-/m1/s1. The van der Waals surface area contributed by atoms with Gasteiger partial charge in [0.05, 0.1) is 25.3 Å². The van der Waals surface area contributed by atoms with Gasteiger partial charge in [0.2, 0.25) is 5.91 Å². The molecule has 2 aromatic carbocycles. The highest BCUT2D eigenvalue weighted by molar-refractivity contribution is 6.17. The van der Waals surface area contributed by atoms with E-state index in [4.69, 9.17) is 21.1 Å². The third-order valence-corrected chi connectivity index (χ3v) is 4.82. The second-order valence-electron chi connectivity index (χ2n) is 6.80. The Labute approximate surface area is 180 Å². The van der Waals surface area contributed by atoms with E-state index >= 15 is 0 Å². The molecule has 8 heteroatoms. The molecule has 0 aliphatic rings. The van der Waals surface area contributed by atoms with Crippen molar-refractivity contribution in [3.05, 3.63) is 48.3 Å². The summed E-state index contributed by atoms with van der Waals surface area (Å²) >= 11 is 5.75. The minimum Gasteiger partial charge on any atom is -0.493 e. The van der Waals surface area contributed by atoms with Crippen LogP contribution in [0.15, 0.2) is 42.7 Å². The molecule has 0 saturated heterocycles. The average molecular weight is 429 g/mol. The zero-order valence-electron chi connectivity index (χ0n) is 17.2. The zero-order chi connectivity index (χ0) is 21.5. The van der Waals surface area contributed by atoms with E-state index in [9.17, 15) is 4.79 Å². The Bertz CT molecular complexity index is 1010. The number of fused-ring (bicyclic) bond motifs is 1. The van der Waals surface area contributed by atoms with Gasteiger partial charge in [-0.3, -0.25) is 4.79 Å². The van der Waals surface area contributed by atoms with Gasteiger partial charge in [-0.25, -0.2) is 9.97 Å². The monoisotopic (exact) mass is 428 g/mol. The molecule has 0 spiro atoms. The smallest absolute Gasteiger partial charge is 0.217 e. The van der Waals surface area contributed by atoms with Crippen LogP contribution in [-0.4, -0.2) is 35.5 Å². The second-order valence-corrected chi connectivity index (χ2v) is 7.18. The predicted molar refractivity (Wildman–Crippen MR) is 119 cm³/mol. The molecule has 0 unspecified atom stereocenters. The van der Waals surface area contributed by atoms with Gasteiger partial charge in [-0.05, 0) is 37.1 Å². The van der Waals surface area contributed by atoms with Crippen LogP contribution in [0.5, 0.6) is 11.5 Å². The van der Waals surface area contributed by atoms with E-state index in [1.807, 2.05) is 43.3 Å². The molecule has 0 radical (unpaired) electrons. The molecule has 0 aliphatic heterocycles. The highest BCUT2D eigenvalue weighted by Crippen LogP contribution is 2.35. The van der Waals surface area contributed by atoms with Gasteiger partial charge in [0.25, 0.3) is 0 Å². The van der Waals surface area contributed by atoms with E-state index in [-0.39, 0.29) is 11.9 Å². The van der Waals surface area contributed by atoms with Crippen molar-refractivity contribution < 1.29 is 14.3 Å². The van der Waals surface area contributed by atoms with E-state index in [1.54, 1.807) is 7.11 Å². The number of ether oxygens (including phenoxy) is 2. The van der Waals surface area contributed by atoms with Crippen LogP contribution in [0.25, 0.3) is 10.9 Å². The molecular weight excluding hydrogens is 404 g/mol. The van der Waals surface area contributed by atoms with Gasteiger partial charge in [-0.15, -0.1) is 11.6 Å². The molecule has 158 valence electrons. The van der Waals surface area contributed by atoms with Crippen molar-refractivity contribution in [1.29, 1.82) is 0 Å². The van der Waals surface area contributed by atoms with Crippen LogP contribution in [0.3, 0.4) is 0 Å². The fraction of sp³-hybridized carbons (Fsp3) is 0.318. The van der Waals surface area contributed by atoms with E-state index < -0.39 is 0 Å². The number of aromatic nitrogens is 2. The molecule has 3 aromatic rings. The number of hydrogen-bond acceptors (Lipinski definition) is 6. The van der Waals surface area contributed by atoms with Crippen molar-refractivity contribution >= 4 is 39.9 Å². The van der Waals surface area contributed by atoms with Gasteiger partial charge in [-0.2, -0.15) is 0 Å². The normalized spacial score (nSPS) is 11.7. The largest absolute Gasteiger partial charge is 0.493 e. The summed E-state index contributed by atoms with van der Waals surface area (Å²) in [7, 11) is 1.60. The lowest BCUT2D eigenvalue weighted by Gasteiger charge is -2.15. The molecule has 0 saturated carbocycles. The van der Waals surface area contributed by atoms with E-state index in [0.717, 1.165) is 28.6 Å². The van der Waals surface area contributed by atoms with Crippen molar-refractivity contribution in [2.24, 2.45) is 0 Å². The molecule has 1 amide bonds. The molecule has 1 aromatic heterocycles. The molecular formula is C22H25ClN4O3. The predicted octanol–water partition coefficient (Wildman–Crippen LogP) is 4.59. The average Bonchev–Trinajstić information content (AvgIpc) is 2.74. The summed E-state index contributed by atoms with van der Waals surface area (Å²) in [6.45, 7) is 3.95. The Morgan fingerprint density at radius 1 is 1.17 bits per heavy atom. The number of anilines is 2. The fourth-order valence-corrected chi connectivity index (χ4v) is 3.16. The molecule has 0 fully saturated rings. The lowest BCUT2D eigenvalue weighted by Crippen LogP contribution is -2.23. The lowest BCUT2D eigenvalue weighted by atomic mass is 10.1. The number of rotatable bonds is 9. The highest BCUT2D eigenvalue weighted by atomic mass is 35.5. The van der Waals surface area contributed by atoms with Crippen LogP contribution in [0.4, 0.5) is 11.5 Å². The molecule has 2 N–H and O–H groups in total. The Balaban J connectivity index is 1.86. The summed E-state index contributed by atoms with van der Waals surface area (Å²) in [5.74, 6) is 2.36. The zero-order valence-corrected chi connectivity index (χ0v) is 18.0. The quantitative estimate of drug-likeness (QED) is 0.383. The number of halogens is 1. The summed E-state index contributed by atoms with van der Waals surface area (Å²) in [6.07, 6.45) is 2.24. The van der Waals surface area contributed by atoms with Gasteiger partial charge in [0, 0.05) is 29.9 Å². The SMILES string of the molecule is COc1cc2ncnc(Nc3ccc([C@@H](C)NC(C)=O)cc3)c2cc1OCCCCl. The van der Waals surface area contributed by atoms with Crippen LogP contribution >= 0.6 is 11.6 Å². The first kappa shape index (κ1) is 21.6. The molecule has 30 heavy (non-hydrogen) atoms. The van der Waals surface area contributed by atoms with Gasteiger partial charge >= 0.3 is 0 Å². The minimum atomic E-state index is -0.0587. The lowest BCUT2D eigenvalue weighted by molar-refractivity contribution is -0.119. The minimum absolute atomic E-state index is 0.0587. The summed E-state index contributed by atoms with van der Waals surface area (Å²) in [5.41, 5.74) is 2.63. The summed E-state index contributed by atoms with van der Waals surface area (Å²) in [5, 5.41) is 7.02. The first-order chi connectivity index (χ1) is 14.5. The fourth-order valence-electron chi connectivity index (χ4n) is 3.05. The highest BCUT2D eigenvalue weighted by Gasteiger charge is 2.12. The number of carbonyl (C=O) groups excluding carboxylic acids is 1. The third kappa shape index (κ3) is 5.30. The maximum Gasteiger partial charge on any atom is 0.217 e. The molecule has 0 bridgehead atoms. The van der Waals surface area contributed by atoms with Gasteiger partial charge in [-0.1, -0.05) is 12.1 Å². The van der Waals surface area contributed by atoms with Crippen LogP contribution in [0.1, 0.15) is 31.9 Å². The van der Waals surface area contributed by atoms with E-state index in [2.05, 4.69) is 20.6 Å². The number of carbonyl (C=O) groups is 1. The van der Waals surface area contributed by atoms with Crippen molar-refractivity contribution in [3.8, 4) is 11.5 Å². The maximum atomic E-state index is 11.3. The van der Waals surface area contributed by atoms with Crippen molar-refractivity contribution in [1.82, 2.24) is 15.3 Å². The van der Waals surface area contributed by atoms with Crippen molar-refractivity contribution in [3.63, 3.8) is 0 Å². The van der Waals surface area contributed by atoms with Gasteiger partial charge in [0.1, 0.15) is 12.1 Å². The number of methoxy groups -OCH3 is 1. The first-order valence-electron chi connectivity index (χ1n) is 9.67. The van der Waals surface area contributed by atoms with Crippen molar-refractivity contribution in [2.45, 2.75) is 26.3 Å². The number of hydrogen-bond donors (Lipinski definition) is 2. The van der Waals surface area contributed by atoms with Crippen LogP contribution < -0.4 is 20.1 Å². The van der Waals surface area contributed by atoms with Gasteiger partial charge in [0.15, 0.2) is 11.5 Å². The number of nitrogens with zero attached hydrogens (tertiary/aromatic N) is 2. The van der Waals surface area contributed by atoms with Crippen LogP contribution in [-0.2, 0) is 4.79 Å². The number of alkyl halides is 1. The molecule has 7 nitrogen and oxygen atoms in total. The van der Waals surface area contributed by atoms with E-state index in [0.29, 0.717) is 29.8 Å². The summed E-state index contributed by atoms with van der Waals surface area (Å²) in [4.78, 5) is 20.0. The van der Waals surface area contributed by atoms with Crippen LogP contribution in [0.2, 0.25) is 0 Å². The Hall–Kier alpha value is -3.06. The summed E-state index contributed by atoms with van der Waals surface area (Å²) < 4.78 is 11.3. The van der Waals surface area contributed by atoms with Gasteiger partial charge < -0.3 is 20.1 Å². The molecule has 3 rings (SSSR count). The van der Waals surface area contributed by atoms with Crippen molar-refractivity contribution in [2.75, 3.05) is 24.9 Å². The number of benzene rings is 2. The second kappa shape index (κ2) is 10.1. The Morgan fingerprint density at radius 3 is 2.60 bits per heavy atom. The first-order valence-corrected chi connectivity index (χ1v) is 10.2. The number of nitrogens with one attached hydrogen (secondary N) is 2. The Morgan fingerprint density at radius 2 is 1.93 bits per heavy atom. The van der Waals surface area contributed by atoms with Crippen LogP contribution in [0, 0.1) is 0 Å². The molecule has 1 atom stereocenters. The molecule has 1 heterocycles. The Kier molecular flexibility index (Phi) is 7.30. The third-order valence-electron chi connectivity index (χ3n) is 4.55. The maximum absolute atomic E-state index is 11.3. The van der Waals surface area contributed by atoms with E-state index in [1.165, 1.54) is 13.3 Å². The summed E-state index contributed by atoms with van der Waals surface area (Å²) in [6, 6.07) is 11.5. The topological polar surface area (TPSA) is 85.4 Å².